The highest BCUT2D eigenvalue weighted by Crippen LogP contribution is 2.23. The molecule has 0 spiro atoms. The summed E-state index contributed by atoms with van der Waals surface area (Å²) in [5, 5.41) is 2.99. The summed E-state index contributed by atoms with van der Waals surface area (Å²) in [5.74, 6) is 0. The zero-order valence-electron chi connectivity index (χ0n) is 13.5. The van der Waals surface area contributed by atoms with Crippen LogP contribution in [0.25, 0.3) is 0 Å². The van der Waals surface area contributed by atoms with Gasteiger partial charge in [0.2, 0.25) is 0 Å². The Kier molecular flexibility index (Phi) is 4.81. The van der Waals surface area contributed by atoms with E-state index in [1.54, 1.807) is 4.90 Å². The molecule has 0 aliphatic carbocycles. The van der Waals surface area contributed by atoms with Crippen molar-refractivity contribution >= 4 is 17.4 Å². The molecule has 1 fully saturated rings. The van der Waals surface area contributed by atoms with Gasteiger partial charge in [0, 0.05) is 38.1 Å². The zero-order valence-corrected chi connectivity index (χ0v) is 13.5. The number of nitrogens with zero attached hydrogens (tertiary/aromatic N) is 2. The molecule has 1 aliphatic heterocycles. The smallest absolute Gasteiger partial charge is 0.321 e. The van der Waals surface area contributed by atoms with Crippen molar-refractivity contribution in [2.75, 3.05) is 30.4 Å². The topological polar surface area (TPSA) is 35.6 Å². The summed E-state index contributed by atoms with van der Waals surface area (Å²) in [6, 6.07) is 18.0. The van der Waals surface area contributed by atoms with Crippen LogP contribution < -0.4 is 10.2 Å². The van der Waals surface area contributed by atoms with E-state index in [1.165, 1.54) is 18.5 Å². The van der Waals surface area contributed by atoms with E-state index in [-0.39, 0.29) is 6.03 Å². The van der Waals surface area contributed by atoms with Gasteiger partial charge in [-0.25, -0.2) is 4.79 Å². The van der Waals surface area contributed by atoms with Crippen LogP contribution in [0.4, 0.5) is 16.2 Å². The number of carbonyl (C=O) groups is 1. The van der Waals surface area contributed by atoms with Crippen LogP contribution in [-0.4, -0.2) is 31.1 Å². The highest BCUT2D eigenvalue weighted by Gasteiger charge is 2.14. The van der Waals surface area contributed by atoms with E-state index in [1.807, 2.05) is 49.5 Å². The molecule has 0 unspecified atom stereocenters. The number of urea groups is 1. The molecule has 23 heavy (non-hydrogen) atoms. The fourth-order valence-corrected chi connectivity index (χ4v) is 2.90. The van der Waals surface area contributed by atoms with E-state index in [2.05, 4.69) is 22.3 Å². The van der Waals surface area contributed by atoms with Crippen molar-refractivity contribution in [2.24, 2.45) is 0 Å². The number of rotatable bonds is 4. The van der Waals surface area contributed by atoms with E-state index in [0.29, 0.717) is 6.54 Å². The van der Waals surface area contributed by atoms with Crippen LogP contribution in [-0.2, 0) is 6.54 Å². The molecule has 1 saturated heterocycles. The Morgan fingerprint density at radius 1 is 1.09 bits per heavy atom. The quantitative estimate of drug-likeness (QED) is 0.928. The van der Waals surface area contributed by atoms with Crippen LogP contribution in [0.1, 0.15) is 18.4 Å². The number of anilines is 2. The molecular formula is C19H23N3O. The first-order valence-corrected chi connectivity index (χ1v) is 8.13. The average Bonchev–Trinajstić information content (AvgIpc) is 3.10. The Labute approximate surface area is 137 Å². The maximum absolute atomic E-state index is 12.4. The lowest BCUT2D eigenvalue weighted by Gasteiger charge is -2.20. The van der Waals surface area contributed by atoms with Crippen LogP contribution in [0.15, 0.2) is 54.6 Å². The SMILES string of the molecule is CN(Cc1ccccc1)C(=O)Nc1cccc(N2CCCC2)c1. The predicted molar refractivity (Wildman–Crippen MR) is 94.8 cm³/mol. The minimum Gasteiger partial charge on any atom is -0.371 e. The van der Waals surface area contributed by atoms with Crippen molar-refractivity contribution in [3.05, 3.63) is 60.2 Å². The minimum absolute atomic E-state index is 0.0903. The summed E-state index contributed by atoms with van der Waals surface area (Å²) < 4.78 is 0. The Bertz CT molecular complexity index is 651. The summed E-state index contributed by atoms with van der Waals surface area (Å²) in [6.45, 7) is 2.80. The second-order valence-electron chi connectivity index (χ2n) is 6.02. The van der Waals surface area contributed by atoms with Gasteiger partial charge in [-0.3, -0.25) is 0 Å². The highest BCUT2D eigenvalue weighted by molar-refractivity contribution is 5.89. The first-order valence-electron chi connectivity index (χ1n) is 8.13. The molecule has 1 N–H and O–H groups in total. The number of hydrogen-bond acceptors (Lipinski definition) is 2. The van der Waals surface area contributed by atoms with Crippen molar-refractivity contribution in [1.29, 1.82) is 0 Å². The minimum atomic E-state index is -0.0903. The van der Waals surface area contributed by atoms with Crippen molar-refractivity contribution in [2.45, 2.75) is 19.4 Å². The standard InChI is InChI=1S/C19H23N3O/c1-21(15-16-8-3-2-4-9-16)19(23)20-17-10-7-11-18(14-17)22-12-5-6-13-22/h2-4,7-11,14H,5-6,12-13,15H2,1H3,(H,20,23). The fourth-order valence-electron chi connectivity index (χ4n) is 2.90. The summed E-state index contributed by atoms with van der Waals surface area (Å²) in [5.41, 5.74) is 3.15. The highest BCUT2D eigenvalue weighted by atomic mass is 16.2. The van der Waals surface area contributed by atoms with Crippen LogP contribution in [0, 0.1) is 0 Å². The molecule has 0 saturated carbocycles. The largest absolute Gasteiger partial charge is 0.371 e. The summed E-state index contributed by atoms with van der Waals surface area (Å²) in [4.78, 5) is 16.4. The zero-order chi connectivity index (χ0) is 16.1. The van der Waals surface area contributed by atoms with Gasteiger partial charge in [-0.1, -0.05) is 36.4 Å². The van der Waals surface area contributed by atoms with E-state index < -0.39 is 0 Å². The Morgan fingerprint density at radius 2 is 1.83 bits per heavy atom. The lowest BCUT2D eigenvalue weighted by molar-refractivity contribution is 0.220. The van der Waals surface area contributed by atoms with Gasteiger partial charge in [0.25, 0.3) is 0 Å². The van der Waals surface area contributed by atoms with Gasteiger partial charge in [-0.2, -0.15) is 0 Å². The van der Waals surface area contributed by atoms with Crippen molar-refractivity contribution in [3.63, 3.8) is 0 Å². The van der Waals surface area contributed by atoms with Crippen LogP contribution >= 0.6 is 0 Å². The molecule has 120 valence electrons. The van der Waals surface area contributed by atoms with E-state index in [0.717, 1.165) is 24.3 Å². The molecule has 4 nitrogen and oxygen atoms in total. The maximum Gasteiger partial charge on any atom is 0.321 e. The second-order valence-corrected chi connectivity index (χ2v) is 6.02. The Morgan fingerprint density at radius 3 is 2.57 bits per heavy atom. The van der Waals surface area contributed by atoms with Gasteiger partial charge in [-0.15, -0.1) is 0 Å². The number of hydrogen-bond donors (Lipinski definition) is 1. The lowest BCUT2D eigenvalue weighted by atomic mass is 10.2. The molecule has 1 heterocycles. The van der Waals surface area contributed by atoms with Crippen LogP contribution in [0.2, 0.25) is 0 Å². The maximum atomic E-state index is 12.4. The fraction of sp³-hybridized carbons (Fsp3) is 0.316. The number of carbonyl (C=O) groups excluding carboxylic acids is 1. The molecule has 2 amide bonds. The Balaban J connectivity index is 1.62. The molecule has 4 heteroatoms. The molecule has 0 atom stereocenters. The van der Waals surface area contributed by atoms with Gasteiger partial charge in [0.1, 0.15) is 0 Å². The number of nitrogens with one attached hydrogen (secondary N) is 1. The van der Waals surface area contributed by atoms with Gasteiger partial charge in [0.15, 0.2) is 0 Å². The first kappa shape index (κ1) is 15.4. The normalized spacial score (nSPS) is 13.9. The molecule has 0 aromatic heterocycles. The summed E-state index contributed by atoms with van der Waals surface area (Å²) >= 11 is 0. The molecule has 0 bridgehead atoms. The van der Waals surface area contributed by atoms with Crippen LogP contribution in [0.5, 0.6) is 0 Å². The third kappa shape index (κ3) is 4.03. The van der Waals surface area contributed by atoms with E-state index in [9.17, 15) is 4.79 Å². The lowest BCUT2D eigenvalue weighted by Crippen LogP contribution is -2.30. The number of amides is 2. The van der Waals surface area contributed by atoms with Crippen molar-refractivity contribution < 1.29 is 4.79 Å². The predicted octanol–water partition coefficient (Wildman–Crippen LogP) is 3.95. The van der Waals surface area contributed by atoms with Gasteiger partial charge in [0.05, 0.1) is 0 Å². The van der Waals surface area contributed by atoms with Crippen LogP contribution in [0.3, 0.4) is 0 Å². The summed E-state index contributed by atoms with van der Waals surface area (Å²) in [7, 11) is 1.81. The monoisotopic (exact) mass is 309 g/mol. The van der Waals surface area contributed by atoms with E-state index >= 15 is 0 Å². The molecular weight excluding hydrogens is 286 g/mol. The number of benzene rings is 2. The molecule has 0 radical (unpaired) electrons. The average molecular weight is 309 g/mol. The first-order chi connectivity index (χ1) is 11.2. The summed E-state index contributed by atoms with van der Waals surface area (Å²) in [6.07, 6.45) is 2.49. The Hall–Kier alpha value is -2.49. The molecule has 2 aromatic rings. The second kappa shape index (κ2) is 7.18. The van der Waals surface area contributed by atoms with Crippen molar-refractivity contribution in [1.82, 2.24) is 4.90 Å². The molecule has 2 aromatic carbocycles. The third-order valence-electron chi connectivity index (χ3n) is 4.18. The van der Waals surface area contributed by atoms with Gasteiger partial charge < -0.3 is 15.1 Å². The van der Waals surface area contributed by atoms with E-state index in [4.69, 9.17) is 0 Å². The molecule has 3 rings (SSSR count). The third-order valence-corrected chi connectivity index (χ3v) is 4.18. The van der Waals surface area contributed by atoms with Crippen molar-refractivity contribution in [3.8, 4) is 0 Å². The molecule has 1 aliphatic rings. The van der Waals surface area contributed by atoms with Gasteiger partial charge >= 0.3 is 6.03 Å². The van der Waals surface area contributed by atoms with Gasteiger partial charge in [-0.05, 0) is 36.6 Å².